The van der Waals surface area contributed by atoms with Crippen molar-refractivity contribution in [3.05, 3.63) is 46.8 Å². The second kappa shape index (κ2) is 7.88. The first kappa shape index (κ1) is 22.4. The van der Waals surface area contributed by atoms with Gasteiger partial charge in [-0.1, -0.05) is 19.9 Å². The first-order chi connectivity index (χ1) is 13.3. The summed E-state index contributed by atoms with van der Waals surface area (Å²) >= 11 is 0. The van der Waals surface area contributed by atoms with Gasteiger partial charge in [-0.2, -0.15) is 18.3 Å². The summed E-state index contributed by atoms with van der Waals surface area (Å²) < 4.78 is 40.3. The number of aliphatic carboxylic acids is 1. The molecule has 0 saturated heterocycles. The van der Waals surface area contributed by atoms with Crippen LogP contribution in [0, 0.1) is 19.8 Å². The third kappa shape index (κ3) is 4.60. The highest BCUT2D eigenvalue weighted by Crippen LogP contribution is 2.31. The molecule has 29 heavy (non-hydrogen) atoms. The van der Waals surface area contributed by atoms with E-state index in [1.54, 1.807) is 27.7 Å². The van der Waals surface area contributed by atoms with Gasteiger partial charge >= 0.3 is 12.1 Å². The molecular formula is C20H24F3N3O3. The van der Waals surface area contributed by atoms with E-state index in [1.807, 2.05) is 0 Å². The lowest BCUT2D eigenvalue weighted by molar-refractivity contribution is -0.148. The second-order valence-corrected chi connectivity index (χ2v) is 7.50. The van der Waals surface area contributed by atoms with Crippen molar-refractivity contribution in [1.29, 1.82) is 0 Å². The molecule has 6 nitrogen and oxygen atoms in total. The average molecular weight is 411 g/mol. The molecule has 1 aromatic heterocycles. The van der Waals surface area contributed by atoms with Gasteiger partial charge in [-0.25, -0.2) is 9.48 Å². The molecule has 1 aromatic carbocycles. The Kier molecular flexibility index (Phi) is 6.10. The minimum Gasteiger partial charge on any atom is -0.480 e. The molecule has 2 rings (SSSR count). The summed E-state index contributed by atoms with van der Waals surface area (Å²) in [5, 5.41) is 16.3. The van der Waals surface area contributed by atoms with Gasteiger partial charge in [0.25, 0.3) is 0 Å². The number of aromatic nitrogens is 2. The summed E-state index contributed by atoms with van der Waals surface area (Å²) in [5.74, 6) is -1.99. The lowest BCUT2D eigenvalue weighted by Crippen LogP contribution is -2.56. The molecule has 0 aliphatic heterocycles. The number of carbonyl (C=O) groups excluding carboxylic acids is 1. The van der Waals surface area contributed by atoms with Crippen LogP contribution in [0.4, 0.5) is 13.2 Å². The number of hydrogen-bond donors (Lipinski definition) is 2. The quantitative estimate of drug-likeness (QED) is 0.760. The topological polar surface area (TPSA) is 84.2 Å². The van der Waals surface area contributed by atoms with E-state index >= 15 is 0 Å². The lowest BCUT2D eigenvalue weighted by Gasteiger charge is -2.30. The van der Waals surface area contributed by atoms with Crippen molar-refractivity contribution in [1.82, 2.24) is 15.1 Å². The highest BCUT2D eigenvalue weighted by Gasteiger charge is 2.38. The minimum atomic E-state index is -4.48. The van der Waals surface area contributed by atoms with Gasteiger partial charge in [0, 0.05) is 11.3 Å². The zero-order valence-electron chi connectivity index (χ0n) is 16.9. The number of halogens is 3. The SMILES string of the molecule is Cc1nn(-c2cccc(C(F)(F)F)c2)c(C)c1CC(=O)N[C@@](C)(C(=O)O)C(C)C. The third-order valence-corrected chi connectivity index (χ3v) is 5.19. The number of aryl methyl sites for hydroxylation is 1. The summed E-state index contributed by atoms with van der Waals surface area (Å²) in [5.41, 5.74) is -0.470. The number of nitrogens with zero attached hydrogens (tertiary/aromatic N) is 2. The van der Waals surface area contributed by atoms with Crippen LogP contribution in [0.1, 0.15) is 43.3 Å². The summed E-state index contributed by atoms with van der Waals surface area (Å²) in [7, 11) is 0. The van der Waals surface area contributed by atoms with Crippen molar-refractivity contribution in [3.63, 3.8) is 0 Å². The molecule has 158 valence electrons. The lowest BCUT2D eigenvalue weighted by atomic mass is 9.88. The summed E-state index contributed by atoms with van der Waals surface area (Å²) in [6.07, 6.45) is -4.61. The molecule has 0 unspecified atom stereocenters. The van der Waals surface area contributed by atoms with Gasteiger partial charge in [0.15, 0.2) is 0 Å². The van der Waals surface area contributed by atoms with E-state index in [-0.39, 0.29) is 18.0 Å². The number of amides is 1. The smallest absolute Gasteiger partial charge is 0.416 e. The second-order valence-electron chi connectivity index (χ2n) is 7.50. The largest absolute Gasteiger partial charge is 0.480 e. The Labute approximate surface area is 166 Å². The number of carboxylic acids is 1. The maximum absolute atomic E-state index is 13.0. The van der Waals surface area contributed by atoms with E-state index in [4.69, 9.17) is 0 Å². The maximum atomic E-state index is 13.0. The fraction of sp³-hybridized carbons (Fsp3) is 0.450. The van der Waals surface area contributed by atoms with Crippen LogP contribution in [0.3, 0.4) is 0 Å². The van der Waals surface area contributed by atoms with Gasteiger partial charge in [0.2, 0.25) is 5.91 Å². The number of carbonyl (C=O) groups is 2. The number of hydrogen-bond acceptors (Lipinski definition) is 3. The monoisotopic (exact) mass is 411 g/mol. The zero-order valence-corrected chi connectivity index (χ0v) is 16.9. The first-order valence-corrected chi connectivity index (χ1v) is 9.04. The molecule has 0 aliphatic rings. The van der Waals surface area contributed by atoms with Crippen LogP contribution in [-0.2, 0) is 22.2 Å². The van der Waals surface area contributed by atoms with Gasteiger partial charge < -0.3 is 10.4 Å². The number of nitrogens with one attached hydrogen (secondary N) is 1. The molecule has 0 aliphatic carbocycles. The normalized spacial score (nSPS) is 14.0. The van der Waals surface area contributed by atoms with Crippen LogP contribution in [-0.4, -0.2) is 32.3 Å². The van der Waals surface area contributed by atoms with Crippen molar-refractivity contribution in [2.45, 2.75) is 52.8 Å². The highest BCUT2D eigenvalue weighted by atomic mass is 19.4. The van der Waals surface area contributed by atoms with Crippen LogP contribution in [0.2, 0.25) is 0 Å². The van der Waals surface area contributed by atoms with Gasteiger partial charge in [-0.3, -0.25) is 4.79 Å². The van der Waals surface area contributed by atoms with Crippen molar-refractivity contribution < 1.29 is 27.9 Å². The number of carboxylic acid groups (broad SMARTS) is 1. The molecular weight excluding hydrogens is 387 g/mol. The van der Waals surface area contributed by atoms with E-state index in [9.17, 15) is 27.9 Å². The zero-order chi connectivity index (χ0) is 22.1. The molecule has 0 fully saturated rings. The molecule has 1 atom stereocenters. The number of rotatable bonds is 6. The summed E-state index contributed by atoms with van der Waals surface area (Å²) in [6, 6.07) is 4.76. The number of alkyl halides is 3. The minimum absolute atomic E-state index is 0.133. The molecule has 0 saturated carbocycles. The van der Waals surface area contributed by atoms with Crippen LogP contribution < -0.4 is 5.32 Å². The van der Waals surface area contributed by atoms with Crippen molar-refractivity contribution in [2.75, 3.05) is 0 Å². The molecule has 9 heteroatoms. The van der Waals surface area contributed by atoms with Crippen molar-refractivity contribution >= 4 is 11.9 Å². The molecule has 1 heterocycles. The standard InChI is InChI=1S/C20H24F3N3O3/c1-11(2)19(5,18(28)29)24-17(27)10-16-12(3)25-26(13(16)4)15-8-6-7-14(9-15)20(21,22)23/h6-9,11H,10H2,1-5H3,(H,24,27)(H,28,29)/t19-/m1/s1. The molecule has 0 spiro atoms. The predicted molar refractivity (Wildman–Crippen MR) is 101 cm³/mol. The van der Waals surface area contributed by atoms with Crippen molar-refractivity contribution in [3.8, 4) is 5.69 Å². The fourth-order valence-electron chi connectivity index (χ4n) is 2.94. The van der Waals surface area contributed by atoms with Gasteiger partial charge in [-0.05, 0) is 44.9 Å². The molecule has 2 N–H and O–H groups in total. The van der Waals surface area contributed by atoms with Crippen molar-refractivity contribution in [2.24, 2.45) is 5.92 Å². The number of benzene rings is 1. The highest BCUT2D eigenvalue weighted by molar-refractivity contribution is 5.88. The van der Waals surface area contributed by atoms with E-state index < -0.39 is 29.2 Å². The molecule has 0 radical (unpaired) electrons. The molecule has 1 amide bonds. The predicted octanol–water partition coefficient (Wildman–Crippen LogP) is 3.67. The Bertz CT molecular complexity index is 935. The Morgan fingerprint density at radius 3 is 2.38 bits per heavy atom. The van der Waals surface area contributed by atoms with Gasteiger partial charge in [0.05, 0.1) is 23.4 Å². The van der Waals surface area contributed by atoms with Gasteiger partial charge in [-0.15, -0.1) is 0 Å². The van der Waals surface area contributed by atoms with Gasteiger partial charge in [0.1, 0.15) is 5.54 Å². The molecule has 0 bridgehead atoms. The summed E-state index contributed by atoms with van der Waals surface area (Å²) in [6.45, 7) is 8.12. The Hall–Kier alpha value is -2.84. The Balaban J connectivity index is 2.33. The first-order valence-electron chi connectivity index (χ1n) is 9.04. The Morgan fingerprint density at radius 2 is 1.86 bits per heavy atom. The van der Waals surface area contributed by atoms with E-state index in [0.29, 0.717) is 17.0 Å². The Morgan fingerprint density at radius 1 is 1.24 bits per heavy atom. The van der Waals surface area contributed by atoms with Crippen LogP contribution in [0.15, 0.2) is 24.3 Å². The van der Waals surface area contributed by atoms with E-state index in [2.05, 4.69) is 10.4 Å². The maximum Gasteiger partial charge on any atom is 0.416 e. The van der Waals surface area contributed by atoms with Crippen LogP contribution >= 0.6 is 0 Å². The van der Waals surface area contributed by atoms with E-state index in [0.717, 1.165) is 12.1 Å². The van der Waals surface area contributed by atoms with E-state index in [1.165, 1.54) is 23.7 Å². The fourth-order valence-corrected chi connectivity index (χ4v) is 2.94. The average Bonchev–Trinajstić information content (AvgIpc) is 2.88. The summed E-state index contributed by atoms with van der Waals surface area (Å²) in [4.78, 5) is 24.1. The van der Waals surface area contributed by atoms with Crippen LogP contribution in [0.5, 0.6) is 0 Å². The van der Waals surface area contributed by atoms with Crippen LogP contribution in [0.25, 0.3) is 5.69 Å². The third-order valence-electron chi connectivity index (χ3n) is 5.19. The molecule has 2 aromatic rings.